The summed E-state index contributed by atoms with van der Waals surface area (Å²) in [5, 5.41) is 0. The average molecular weight is 188 g/mol. The lowest BCUT2D eigenvalue weighted by Gasteiger charge is -2.22. The molecule has 0 N–H and O–H groups in total. The van der Waals surface area contributed by atoms with Crippen molar-refractivity contribution in [3.8, 4) is 0 Å². The monoisotopic (exact) mass is 188 g/mol. The third-order valence-electron chi connectivity index (χ3n) is 2.08. The van der Waals surface area contributed by atoms with Gasteiger partial charge in [0.1, 0.15) is 0 Å². The van der Waals surface area contributed by atoms with Gasteiger partial charge in [-0.15, -0.1) is 0 Å². The molecule has 0 unspecified atom stereocenters. The molecule has 0 atom stereocenters. The summed E-state index contributed by atoms with van der Waals surface area (Å²) in [7, 11) is -1.26. The zero-order valence-electron chi connectivity index (χ0n) is 9.15. The van der Waals surface area contributed by atoms with Crippen LogP contribution >= 0.6 is 0 Å². The number of hydrogen-bond donors (Lipinski definition) is 0. The summed E-state index contributed by atoms with van der Waals surface area (Å²) in [6.07, 6.45) is 5.20. The highest BCUT2D eigenvalue weighted by atomic mass is 28.4. The van der Waals surface area contributed by atoms with E-state index in [1.165, 1.54) is 25.3 Å². The van der Waals surface area contributed by atoms with E-state index in [1.807, 2.05) is 0 Å². The maximum Gasteiger partial charge on any atom is 0.186 e. The van der Waals surface area contributed by atoms with Gasteiger partial charge in [0.25, 0.3) is 0 Å². The third kappa shape index (κ3) is 6.86. The summed E-state index contributed by atoms with van der Waals surface area (Å²) in [6, 6.07) is 1.33. The number of unbranched alkanes of at least 4 members (excludes halogenated alkanes) is 2. The molecular weight excluding hydrogens is 164 g/mol. The Morgan fingerprint density at radius 3 is 2.17 bits per heavy atom. The molecule has 1 nitrogen and oxygen atoms in total. The molecule has 0 bridgehead atoms. The van der Waals surface area contributed by atoms with Gasteiger partial charge in [-0.1, -0.05) is 33.1 Å². The summed E-state index contributed by atoms with van der Waals surface area (Å²) in [5.41, 5.74) is 0. The Kier molecular flexibility index (Phi) is 6.77. The number of hydrogen-bond acceptors (Lipinski definition) is 1. The van der Waals surface area contributed by atoms with Crippen LogP contribution in [0, 0.1) is 0 Å². The summed E-state index contributed by atoms with van der Waals surface area (Å²) in [6.45, 7) is 10.1. The quantitative estimate of drug-likeness (QED) is 0.436. The molecule has 0 aliphatic rings. The molecule has 0 rings (SSSR count). The molecule has 74 valence electrons. The van der Waals surface area contributed by atoms with Crippen LogP contribution in [0.4, 0.5) is 0 Å². The van der Waals surface area contributed by atoms with E-state index in [1.54, 1.807) is 0 Å². The van der Waals surface area contributed by atoms with Crippen LogP contribution in [0.5, 0.6) is 0 Å². The summed E-state index contributed by atoms with van der Waals surface area (Å²) in [5.74, 6) is 0. The van der Waals surface area contributed by atoms with Crippen molar-refractivity contribution in [3.05, 3.63) is 0 Å². The second-order valence-electron chi connectivity index (χ2n) is 4.07. The van der Waals surface area contributed by atoms with Crippen molar-refractivity contribution in [3.63, 3.8) is 0 Å². The molecule has 0 saturated heterocycles. The van der Waals surface area contributed by atoms with Crippen molar-refractivity contribution < 1.29 is 4.43 Å². The van der Waals surface area contributed by atoms with Crippen LogP contribution in [-0.4, -0.2) is 14.9 Å². The molecule has 0 radical (unpaired) electrons. The maximum atomic E-state index is 5.86. The molecule has 0 aliphatic heterocycles. The molecule has 0 fully saturated rings. The molecule has 0 spiro atoms. The number of rotatable bonds is 7. The summed E-state index contributed by atoms with van der Waals surface area (Å²) >= 11 is 0. The molecule has 0 heterocycles. The van der Waals surface area contributed by atoms with E-state index in [2.05, 4.69) is 26.9 Å². The van der Waals surface area contributed by atoms with Gasteiger partial charge in [0.05, 0.1) is 0 Å². The second kappa shape index (κ2) is 6.67. The fourth-order valence-electron chi connectivity index (χ4n) is 1.25. The van der Waals surface area contributed by atoms with Gasteiger partial charge in [0, 0.05) is 6.61 Å². The first kappa shape index (κ1) is 12.2. The van der Waals surface area contributed by atoms with Crippen molar-refractivity contribution in [2.45, 2.75) is 58.7 Å². The SMILES string of the molecule is CCCCC[Si](C)(C)OCCC. The average Bonchev–Trinajstić information content (AvgIpc) is 2.01. The molecule has 12 heavy (non-hydrogen) atoms. The van der Waals surface area contributed by atoms with E-state index < -0.39 is 8.32 Å². The van der Waals surface area contributed by atoms with Gasteiger partial charge in [0.2, 0.25) is 0 Å². The maximum absolute atomic E-state index is 5.86. The Balaban J connectivity index is 3.42. The minimum Gasteiger partial charge on any atom is -0.417 e. The first-order valence-corrected chi connectivity index (χ1v) is 8.38. The predicted molar refractivity (Wildman–Crippen MR) is 58.1 cm³/mol. The van der Waals surface area contributed by atoms with E-state index in [4.69, 9.17) is 4.43 Å². The van der Waals surface area contributed by atoms with Gasteiger partial charge < -0.3 is 4.43 Å². The van der Waals surface area contributed by atoms with Gasteiger partial charge in [-0.05, 0) is 25.6 Å². The zero-order valence-corrected chi connectivity index (χ0v) is 10.2. The first-order valence-electron chi connectivity index (χ1n) is 5.26. The van der Waals surface area contributed by atoms with Crippen LogP contribution in [0.25, 0.3) is 0 Å². The van der Waals surface area contributed by atoms with Crippen LogP contribution in [-0.2, 0) is 4.43 Å². The van der Waals surface area contributed by atoms with E-state index in [-0.39, 0.29) is 0 Å². The Morgan fingerprint density at radius 1 is 1.00 bits per heavy atom. The molecule has 0 saturated carbocycles. The highest BCUT2D eigenvalue weighted by molar-refractivity contribution is 6.71. The Morgan fingerprint density at radius 2 is 1.67 bits per heavy atom. The van der Waals surface area contributed by atoms with E-state index >= 15 is 0 Å². The van der Waals surface area contributed by atoms with Crippen molar-refractivity contribution in [1.82, 2.24) is 0 Å². The summed E-state index contributed by atoms with van der Waals surface area (Å²) < 4.78 is 5.86. The third-order valence-corrected chi connectivity index (χ3v) is 4.62. The smallest absolute Gasteiger partial charge is 0.186 e. The predicted octanol–water partition coefficient (Wildman–Crippen LogP) is 3.81. The van der Waals surface area contributed by atoms with Crippen LogP contribution in [0.15, 0.2) is 0 Å². The highest BCUT2D eigenvalue weighted by Crippen LogP contribution is 2.15. The van der Waals surface area contributed by atoms with Crippen LogP contribution < -0.4 is 0 Å². The fourth-order valence-corrected chi connectivity index (χ4v) is 3.25. The Hall–Kier alpha value is 0.177. The standard InChI is InChI=1S/C10H24OSi/c1-5-7-8-10-12(3,4)11-9-6-2/h5-10H2,1-4H3. The van der Waals surface area contributed by atoms with Gasteiger partial charge in [-0.25, -0.2) is 0 Å². The Bertz CT molecular complexity index is 102. The highest BCUT2D eigenvalue weighted by Gasteiger charge is 2.20. The van der Waals surface area contributed by atoms with Crippen molar-refractivity contribution in [1.29, 1.82) is 0 Å². The van der Waals surface area contributed by atoms with Gasteiger partial charge >= 0.3 is 0 Å². The molecule has 0 aromatic rings. The lowest BCUT2D eigenvalue weighted by Crippen LogP contribution is -2.30. The summed E-state index contributed by atoms with van der Waals surface area (Å²) in [4.78, 5) is 0. The lowest BCUT2D eigenvalue weighted by atomic mass is 10.3. The van der Waals surface area contributed by atoms with Gasteiger partial charge in [-0.3, -0.25) is 0 Å². The normalized spacial score (nSPS) is 12.0. The van der Waals surface area contributed by atoms with E-state index in [9.17, 15) is 0 Å². The van der Waals surface area contributed by atoms with Crippen molar-refractivity contribution in [2.24, 2.45) is 0 Å². The fraction of sp³-hybridized carbons (Fsp3) is 1.00. The molecule has 2 heteroatoms. The molecule has 0 aromatic carbocycles. The van der Waals surface area contributed by atoms with E-state index in [0.717, 1.165) is 13.0 Å². The van der Waals surface area contributed by atoms with Gasteiger partial charge in [0.15, 0.2) is 8.32 Å². The van der Waals surface area contributed by atoms with Crippen LogP contribution in [0.2, 0.25) is 19.1 Å². The minimum absolute atomic E-state index is 0.964. The Labute approximate surface area is 78.6 Å². The van der Waals surface area contributed by atoms with Crippen LogP contribution in [0.3, 0.4) is 0 Å². The van der Waals surface area contributed by atoms with Crippen molar-refractivity contribution >= 4 is 8.32 Å². The van der Waals surface area contributed by atoms with Gasteiger partial charge in [-0.2, -0.15) is 0 Å². The molecule has 0 aromatic heterocycles. The molecular formula is C10H24OSi. The second-order valence-corrected chi connectivity index (χ2v) is 8.37. The minimum atomic E-state index is -1.26. The zero-order chi connectivity index (χ0) is 9.45. The first-order chi connectivity index (χ1) is 5.62. The largest absolute Gasteiger partial charge is 0.417 e. The van der Waals surface area contributed by atoms with Crippen LogP contribution in [0.1, 0.15) is 39.5 Å². The molecule has 0 aliphatic carbocycles. The van der Waals surface area contributed by atoms with E-state index in [0.29, 0.717) is 0 Å². The molecule has 0 amide bonds. The lowest BCUT2D eigenvalue weighted by molar-refractivity contribution is 0.305. The topological polar surface area (TPSA) is 9.23 Å². The van der Waals surface area contributed by atoms with Crippen molar-refractivity contribution in [2.75, 3.05) is 6.61 Å².